The van der Waals surface area contributed by atoms with E-state index >= 15 is 0 Å². The molecule has 1 aromatic carbocycles. The molecule has 0 atom stereocenters. The Morgan fingerprint density at radius 1 is 1.50 bits per heavy atom. The lowest BCUT2D eigenvalue weighted by molar-refractivity contribution is -0.143. The topological polar surface area (TPSA) is 70.1 Å². The molecule has 0 saturated carbocycles. The number of aromatic nitrogens is 2. The Kier molecular flexibility index (Phi) is 3.50. The Bertz CT molecular complexity index is 575. The number of aryl methyl sites for hydroxylation is 2. The van der Waals surface area contributed by atoms with Crippen LogP contribution in [0.1, 0.15) is 19.2 Å². The third-order valence-corrected chi connectivity index (χ3v) is 2.86. The number of nitrogen functional groups attached to an aromatic ring is 1. The molecule has 5 heteroatoms. The highest BCUT2D eigenvalue weighted by molar-refractivity contribution is 5.79. The maximum absolute atomic E-state index is 11.3. The van der Waals surface area contributed by atoms with Gasteiger partial charge in [0.05, 0.1) is 24.1 Å². The fourth-order valence-electron chi connectivity index (χ4n) is 1.93. The molecule has 0 unspecified atom stereocenters. The van der Waals surface area contributed by atoms with E-state index in [0.29, 0.717) is 25.1 Å². The summed E-state index contributed by atoms with van der Waals surface area (Å²) in [5.41, 5.74) is 8.33. The number of esters is 1. The molecule has 0 aliphatic carbocycles. The number of benzene rings is 1. The van der Waals surface area contributed by atoms with Gasteiger partial charge in [-0.15, -0.1) is 0 Å². The molecule has 0 amide bonds. The van der Waals surface area contributed by atoms with E-state index in [4.69, 9.17) is 10.5 Å². The van der Waals surface area contributed by atoms with Gasteiger partial charge >= 0.3 is 5.97 Å². The van der Waals surface area contributed by atoms with Crippen LogP contribution in [-0.2, 0) is 23.0 Å². The van der Waals surface area contributed by atoms with Crippen molar-refractivity contribution in [2.45, 2.75) is 19.8 Å². The van der Waals surface area contributed by atoms with E-state index in [1.807, 2.05) is 29.8 Å². The van der Waals surface area contributed by atoms with Crippen LogP contribution >= 0.6 is 0 Å². The van der Waals surface area contributed by atoms with Crippen molar-refractivity contribution in [3.63, 3.8) is 0 Å². The minimum absolute atomic E-state index is 0.191. The van der Waals surface area contributed by atoms with Crippen molar-refractivity contribution in [2.24, 2.45) is 7.05 Å². The van der Waals surface area contributed by atoms with Crippen molar-refractivity contribution in [1.29, 1.82) is 0 Å². The maximum atomic E-state index is 11.3. The van der Waals surface area contributed by atoms with Crippen LogP contribution in [0.5, 0.6) is 0 Å². The summed E-state index contributed by atoms with van der Waals surface area (Å²) < 4.78 is 6.86. The molecule has 5 nitrogen and oxygen atoms in total. The molecule has 0 saturated heterocycles. The molecule has 18 heavy (non-hydrogen) atoms. The quantitative estimate of drug-likeness (QED) is 0.658. The van der Waals surface area contributed by atoms with Crippen LogP contribution < -0.4 is 5.73 Å². The fourth-order valence-corrected chi connectivity index (χ4v) is 1.93. The fraction of sp³-hybridized carbons (Fsp3) is 0.385. The third-order valence-electron chi connectivity index (χ3n) is 2.86. The number of fused-ring (bicyclic) bond motifs is 1. The smallest absolute Gasteiger partial charge is 0.306 e. The summed E-state index contributed by atoms with van der Waals surface area (Å²) >= 11 is 0. The Labute approximate surface area is 106 Å². The average Bonchev–Trinajstić information content (AvgIpc) is 2.64. The van der Waals surface area contributed by atoms with Gasteiger partial charge in [-0.3, -0.25) is 4.79 Å². The van der Waals surface area contributed by atoms with E-state index in [1.54, 1.807) is 6.92 Å². The van der Waals surface area contributed by atoms with Crippen LogP contribution in [0.4, 0.5) is 5.69 Å². The molecular weight excluding hydrogens is 230 g/mol. The van der Waals surface area contributed by atoms with Gasteiger partial charge in [0.1, 0.15) is 5.82 Å². The Hall–Kier alpha value is -2.04. The van der Waals surface area contributed by atoms with Gasteiger partial charge in [-0.1, -0.05) is 0 Å². The Morgan fingerprint density at radius 3 is 3.00 bits per heavy atom. The van der Waals surface area contributed by atoms with Crippen molar-refractivity contribution < 1.29 is 9.53 Å². The zero-order valence-corrected chi connectivity index (χ0v) is 10.6. The first kappa shape index (κ1) is 12.4. The number of imidazole rings is 1. The monoisotopic (exact) mass is 247 g/mol. The summed E-state index contributed by atoms with van der Waals surface area (Å²) in [6.45, 7) is 2.22. The van der Waals surface area contributed by atoms with Crippen LogP contribution in [0, 0.1) is 0 Å². The standard InChI is InChI=1S/C13H17N3O2/c1-3-18-13(17)7-6-12-15-10-5-4-9(14)8-11(10)16(12)2/h4-5,8H,3,6-7,14H2,1-2H3. The molecule has 2 aromatic rings. The number of carbonyl (C=O) groups is 1. The lowest BCUT2D eigenvalue weighted by Gasteiger charge is -2.03. The number of ether oxygens (including phenoxy) is 1. The zero-order valence-electron chi connectivity index (χ0n) is 10.6. The first-order valence-electron chi connectivity index (χ1n) is 5.98. The molecule has 0 spiro atoms. The average molecular weight is 247 g/mol. The molecule has 0 fully saturated rings. The van der Waals surface area contributed by atoms with Crippen molar-refractivity contribution in [1.82, 2.24) is 9.55 Å². The van der Waals surface area contributed by atoms with Crippen LogP contribution in [0.2, 0.25) is 0 Å². The van der Waals surface area contributed by atoms with E-state index in [1.165, 1.54) is 0 Å². The highest BCUT2D eigenvalue weighted by atomic mass is 16.5. The molecule has 2 N–H and O–H groups in total. The minimum atomic E-state index is -0.191. The number of rotatable bonds is 4. The largest absolute Gasteiger partial charge is 0.466 e. The second kappa shape index (κ2) is 5.08. The molecule has 1 aromatic heterocycles. The molecule has 96 valence electrons. The first-order chi connectivity index (χ1) is 8.61. The van der Waals surface area contributed by atoms with Crippen molar-refractivity contribution in [3.05, 3.63) is 24.0 Å². The van der Waals surface area contributed by atoms with E-state index in [9.17, 15) is 4.79 Å². The van der Waals surface area contributed by atoms with E-state index < -0.39 is 0 Å². The van der Waals surface area contributed by atoms with Crippen LogP contribution in [0.3, 0.4) is 0 Å². The predicted molar refractivity (Wildman–Crippen MR) is 70.1 cm³/mol. The molecular formula is C13H17N3O2. The van der Waals surface area contributed by atoms with Crippen molar-refractivity contribution in [2.75, 3.05) is 12.3 Å². The summed E-state index contributed by atoms with van der Waals surface area (Å²) in [6, 6.07) is 5.60. The lowest BCUT2D eigenvalue weighted by atomic mass is 10.3. The van der Waals surface area contributed by atoms with E-state index in [-0.39, 0.29) is 5.97 Å². The second-order valence-corrected chi connectivity index (χ2v) is 4.14. The number of nitrogens with zero attached hydrogens (tertiary/aromatic N) is 2. The summed E-state index contributed by atoms with van der Waals surface area (Å²) in [5, 5.41) is 0. The summed E-state index contributed by atoms with van der Waals surface area (Å²) in [6.07, 6.45) is 0.921. The third kappa shape index (κ3) is 2.45. The van der Waals surface area contributed by atoms with E-state index in [2.05, 4.69) is 4.98 Å². The minimum Gasteiger partial charge on any atom is -0.466 e. The molecule has 0 aliphatic rings. The van der Waals surface area contributed by atoms with Crippen LogP contribution in [0.15, 0.2) is 18.2 Å². The second-order valence-electron chi connectivity index (χ2n) is 4.14. The lowest BCUT2D eigenvalue weighted by Crippen LogP contribution is -2.07. The number of nitrogens with two attached hydrogens (primary N) is 1. The molecule has 2 rings (SSSR count). The number of carbonyl (C=O) groups excluding carboxylic acids is 1. The summed E-state index contributed by atoms with van der Waals surface area (Å²) in [4.78, 5) is 15.8. The Balaban J connectivity index is 2.19. The first-order valence-corrected chi connectivity index (χ1v) is 5.98. The Morgan fingerprint density at radius 2 is 2.28 bits per heavy atom. The van der Waals surface area contributed by atoms with Gasteiger partial charge in [0.25, 0.3) is 0 Å². The zero-order chi connectivity index (χ0) is 13.1. The summed E-state index contributed by atoms with van der Waals surface area (Å²) in [5.74, 6) is 0.674. The highest BCUT2D eigenvalue weighted by Gasteiger charge is 2.10. The predicted octanol–water partition coefficient (Wildman–Crippen LogP) is 1.65. The van der Waals surface area contributed by atoms with Crippen molar-refractivity contribution in [3.8, 4) is 0 Å². The SMILES string of the molecule is CCOC(=O)CCc1nc2ccc(N)cc2n1C. The normalized spacial score (nSPS) is 10.8. The molecule has 1 heterocycles. The van der Waals surface area contributed by atoms with Gasteiger partial charge in [0, 0.05) is 19.2 Å². The molecule has 0 aliphatic heterocycles. The number of hydrogen-bond donors (Lipinski definition) is 1. The maximum Gasteiger partial charge on any atom is 0.306 e. The van der Waals surface area contributed by atoms with Gasteiger partial charge in [0.15, 0.2) is 0 Å². The van der Waals surface area contributed by atoms with Gasteiger partial charge in [-0.05, 0) is 25.1 Å². The molecule has 0 radical (unpaired) electrons. The summed E-state index contributed by atoms with van der Waals surface area (Å²) in [7, 11) is 1.93. The highest BCUT2D eigenvalue weighted by Crippen LogP contribution is 2.18. The van der Waals surface area contributed by atoms with Crippen molar-refractivity contribution >= 4 is 22.7 Å². The number of anilines is 1. The van der Waals surface area contributed by atoms with Crippen LogP contribution in [0.25, 0.3) is 11.0 Å². The van der Waals surface area contributed by atoms with E-state index in [0.717, 1.165) is 16.9 Å². The van der Waals surface area contributed by atoms with Gasteiger partial charge in [-0.2, -0.15) is 0 Å². The van der Waals surface area contributed by atoms with Gasteiger partial charge in [0.2, 0.25) is 0 Å². The molecule has 0 bridgehead atoms. The van der Waals surface area contributed by atoms with Crippen LogP contribution in [-0.4, -0.2) is 22.1 Å². The number of hydrogen-bond acceptors (Lipinski definition) is 4. The van der Waals surface area contributed by atoms with Gasteiger partial charge < -0.3 is 15.0 Å². The van der Waals surface area contributed by atoms with Gasteiger partial charge in [-0.25, -0.2) is 4.98 Å².